The zero-order chi connectivity index (χ0) is 14.9. The molecule has 0 spiro atoms. The first-order chi connectivity index (χ1) is 10.8. The lowest BCUT2D eigenvalue weighted by molar-refractivity contribution is 0.265. The highest BCUT2D eigenvalue weighted by molar-refractivity contribution is 6.30. The summed E-state index contributed by atoms with van der Waals surface area (Å²) in [6, 6.07) is 8.21. The first kappa shape index (κ1) is 14.2. The molecule has 1 aromatic heterocycles. The molecule has 0 unspecified atom stereocenters. The molecular weight excluding hydrogens is 298 g/mol. The van der Waals surface area contributed by atoms with E-state index in [4.69, 9.17) is 16.1 Å². The van der Waals surface area contributed by atoms with Crippen molar-refractivity contribution in [1.82, 2.24) is 15.0 Å². The van der Waals surface area contributed by atoms with Gasteiger partial charge in [-0.25, -0.2) is 0 Å². The molecule has 4 nitrogen and oxygen atoms in total. The van der Waals surface area contributed by atoms with Gasteiger partial charge in [0.1, 0.15) is 0 Å². The number of halogens is 1. The fourth-order valence-corrected chi connectivity index (χ4v) is 3.42. The van der Waals surface area contributed by atoms with Gasteiger partial charge in [-0.05, 0) is 55.3 Å². The number of nitrogens with zero attached hydrogens (tertiary/aromatic N) is 3. The predicted molar refractivity (Wildman–Crippen MR) is 84.8 cm³/mol. The summed E-state index contributed by atoms with van der Waals surface area (Å²) in [4.78, 5) is 6.91. The third-order valence-corrected chi connectivity index (χ3v) is 4.86. The van der Waals surface area contributed by atoms with Crippen LogP contribution in [-0.4, -0.2) is 28.1 Å². The Morgan fingerprint density at radius 3 is 3.00 bits per heavy atom. The summed E-state index contributed by atoms with van der Waals surface area (Å²) in [5, 5.41) is 4.91. The van der Waals surface area contributed by atoms with Gasteiger partial charge in [0, 0.05) is 18.0 Å². The highest BCUT2D eigenvalue weighted by atomic mass is 35.5. The van der Waals surface area contributed by atoms with Crippen LogP contribution >= 0.6 is 11.6 Å². The monoisotopic (exact) mass is 317 g/mol. The Morgan fingerprint density at radius 2 is 2.18 bits per heavy atom. The molecule has 0 N–H and O–H groups in total. The van der Waals surface area contributed by atoms with Crippen molar-refractivity contribution in [2.45, 2.75) is 38.1 Å². The molecular formula is C17H20ClN3O. The van der Waals surface area contributed by atoms with Crippen LogP contribution in [0.25, 0.3) is 0 Å². The Labute approximate surface area is 135 Å². The Kier molecular flexibility index (Phi) is 3.89. The van der Waals surface area contributed by atoms with Crippen LogP contribution in [-0.2, 0) is 13.0 Å². The molecule has 4 rings (SSSR count). The van der Waals surface area contributed by atoms with Crippen molar-refractivity contribution < 1.29 is 4.52 Å². The van der Waals surface area contributed by atoms with Crippen molar-refractivity contribution in [1.29, 1.82) is 0 Å². The lowest BCUT2D eigenvalue weighted by Crippen LogP contribution is -2.20. The molecule has 22 heavy (non-hydrogen) atoms. The van der Waals surface area contributed by atoms with Crippen LogP contribution in [0.3, 0.4) is 0 Å². The fourth-order valence-electron chi connectivity index (χ4n) is 3.22. The number of rotatable bonds is 5. The first-order valence-electron chi connectivity index (χ1n) is 8.05. The summed E-state index contributed by atoms with van der Waals surface area (Å²) in [6.07, 6.45) is 4.77. The topological polar surface area (TPSA) is 42.2 Å². The van der Waals surface area contributed by atoms with E-state index >= 15 is 0 Å². The van der Waals surface area contributed by atoms with Crippen molar-refractivity contribution >= 4 is 11.6 Å². The maximum atomic E-state index is 6.09. The quantitative estimate of drug-likeness (QED) is 0.844. The van der Waals surface area contributed by atoms with Crippen LogP contribution in [0.2, 0.25) is 5.02 Å². The second-order valence-corrected chi connectivity index (χ2v) is 6.96. The second kappa shape index (κ2) is 6.01. The largest absolute Gasteiger partial charge is 0.338 e. The highest BCUT2D eigenvalue weighted by Gasteiger charge is 2.27. The lowest BCUT2D eigenvalue weighted by Gasteiger charge is -2.13. The maximum absolute atomic E-state index is 6.09. The Balaban J connectivity index is 1.35. The minimum Gasteiger partial charge on any atom is -0.338 e. The summed E-state index contributed by atoms with van der Waals surface area (Å²) in [7, 11) is 0. The van der Waals surface area contributed by atoms with Crippen LogP contribution in [0.4, 0.5) is 0 Å². The molecule has 1 saturated heterocycles. The summed E-state index contributed by atoms with van der Waals surface area (Å²) in [5.41, 5.74) is 1.33. The number of likely N-dealkylation sites (tertiary alicyclic amines) is 1. The molecule has 1 aliphatic heterocycles. The summed E-state index contributed by atoms with van der Waals surface area (Å²) in [6.45, 7) is 2.85. The van der Waals surface area contributed by atoms with Gasteiger partial charge in [-0.15, -0.1) is 0 Å². The molecule has 1 saturated carbocycles. The molecule has 2 aliphatic rings. The average molecular weight is 318 g/mol. The van der Waals surface area contributed by atoms with Crippen molar-refractivity contribution in [2.24, 2.45) is 5.92 Å². The Hall–Kier alpha value is -1.39. The smallest absolute Gasteiger partial charge is 0.240 e. The minimum atomic E-state index is 0.549. The molecule has 0 amide bonds. The normalized spacial score (nSPS) is 22.3. The zero-order valence-corrected chi connectivity index (χ0v) is 13.3. The Bertz CT molecular complexity index is 653. The summed E-state index contributed by atoms with van der Waals surface area (Å²) >= 11 is 6.09. The Morgan fingerprint density at radius 1 is 1.27 bits per heavy atom. The minimum absolute atomic E-state index is 0.549. The van der Waals surface area contributed by atoms with Gasteiger partial charge in [-0.2, -0.15) is 4.98 Å². The van der Waals surface area contributed by atoms with Crippen LogP contribution < -0.4 is 0 Å². The standard InChI is InChI=1S/C17H20ClN3O/c18-15-3-1-2-13(9-15)14-6-7-21(10-14)11-17-19-16(20-22-17)8-12-4-5-12/h1-3,9,12,14H,4-8,10-11H2/t14-/m1/s1. The average Bonchev–Trinajstić information content (AvgIpc) is 3.02. The van der Waals surface area contributed by atoms with Gasteiger partial charge in [0.25, 0.3) is 0 Å². The number of aromatic nitrogens is 2. The second-order valence-electron chi connectivity index (χ2n) is 6.53. The SMILES string of the molecule is Clc1cccc([C@@H]2CCN(Cc3nc(CC4CC4)no3)C2)c1. The van der Waals surface area contributed by atoms with E-state index in [9.17, 15) is 0 Å². The van der Waals surface area contributed by atoms with E-state index in [1.54, 1.807) is 0 Å². The van der Waals surface area contributed by atoms with E-state index < -0.39 is 0 Å². The molecule has 5 heteroatoms. The zero-order valence-electron chi connectivity index (χ0n) is 12.5. The van der Waals surface area contributed by atoms with E-state index in [-0.39, 0.29) is 0 Å². The number of hydrogen-bond acceptors (Lipinski definition) is 4. The van der Waals surface area contributed by atoms with Gasteiger partial charge in [-0.1, -0.05) is 28.9 Å². The van der Waals surface area contributed by atoms with E-state index in [2.05, 4.69) is 27.2 Å². The van der Waals surface area contributed by atoms with Crippen molar-refractivity contribution in [3.8, 4) is 0 Å². The molecule has 2 heterocycles. The van der Waals surface area contributed by atoms with Gasteiger partial charge in [-0.3, -0.25) is 4.90 Å². The van der Waals surface area contributed by atoms with E-state index in [1.807, 2.05) is 12.1 Å². The highest BCUT2D eigenvalue weighted by Crippen LogP contribution is 2.32. The van der Waals surface area contributed by atoms with Gasteiger partial charge < -0.3 is 4.52 Å². The molecule has 2 aromatic rings. The van der Waals surface area contributed by atoms with Crippen molar-refractivity contribution in [2.75, 3.05) is 13.1 Å². The maximum Gasteiger partial charge on any atom is 0.240 e. The fraction of sp³-hybridized carbons (Fsp3) is 0.529. The third-order valence-electron chi connectivity index (χ3n) is 4.63. The first-order valence-corrected chi connectivity index (χ1v) is 8.43. The van der Waals surface area contributed by atoms with Crippen molar-refractivity contribution in [3.63, 3.8) is 0 Å². The van der Waals surface area contributed by atoms with Gasteiger partial charge in [0.15, 0.2) is 5.82 Å². The van der Waals surface area contributed by atoms with Gasteiger partial charge >= 0.3 is 0 Å². The van der Waals surface area contributed by atoms with E-state index in [0.717, 1.165) is 55.1 Å². The molecule has 1 aliphatic carbocycles. The lowest BCUT2D eigenvalue weighted by atomic mass is 9.99. The molecule has 0 bridgehead atoms. The number of hydrogen-bond donors (Lipinski definition) is 0. The molecule has 2 fully saturated rings. The van der Waals surface area contributed by atoms with Crippen LogP contribution in [0.5, 0.6) is 0 Å². The molecule has 0 radical (unpaired) electrons. The molecule has 116 valence electrons. The van der Waals surface area contributed by atoms with Gasteiger partial charge in [0.2, 0.25) is 5.89 Å². The van der Waals surface area contributed by atoms with Crippen LogP contribution in [0.1, 0.15) is 42.5 Å². The van der Waals surface area contributed by atoms with Crippen LogP contribution in [0, 0.1) is 5.92 Å². The summed E-state index contributed by atoms with van der Waals surface area (Å²) < 4.78 is 5.39. The molecule has 1 atom stereocenters. The predicted octanol–water partition coefficient (Wildman–Crippen LogP) is 3.67. The van der Waals surface area contributed by atoms with Crippen molar-refractivity contribution in [3.05, 3.63) is 46.6 Å². The van der Waals surface area contributed by atoms with E-state index in [0.29, 0.717) is 5.92 Å². The van der Waals surface area contributed by atoms with Gasteiger partial charge in [0.05, 0.1) is 6.54 Å². The number of benzene rings is 1. The molecule has 1 aromatic carbocycles. The van der Waals surface area contributed by atoms with E-state index in [1.165, 1.54) is 18.4 Å². The summed E-state index contributed by atoms with van der Waals surface area (Å²) in [5.74, 6) is 2.97. The van der Waals surface area contributed by atoms with Crippen LogP contribution in [0.15, 0.2) is 28.8 Å². The third kappa shape index (κ3) is 3.33.